The molecule has 1 aromatic heterocycles. The van der Waals surface area contributed by atoms with E-state index in [-0.39, 0.29) is 0 Å². The van der Waals surface area contributed by atoms with Gasteiger partial charge in [-0.05, 0) is 18.1 Å². The van der Waals surface area contributed by atoms with Crippen LogP contribution < -0.4 is 5.32 Å². The lowest BCUT2D eigenvalue weighted by atomic mass is 9.95. The largest absolute Gasteiger partial charge is 0.357 e. The lowest BCUT2D eigenvalue weighted by molar-refractivity contribution is 0.137. The number of piperazine rings is 1. The molecule has 0 amide bonds. The van der Waals surface area contributed by atoms with Crippen LogP contribution in [0.3, 0.4) is 0 Å². The van der Waals surface area contributed by atoms with Crippen molar-refractivity contribution in [3.63, 3.8) is 0 Å². The minimum Gasteiger partial charge on any atom is -0.357 e. The van der Waals surface area contributed by atoms with Crippen LogP contribution >= 0.6 is 0 Å². The van der Waals surface area contributed by atoms with Crippen LogP contribution in [0, 0.1) is 0 Å². The number of fused-ring (bicyclic) bond motifs is 4. The van der Waals surface area contributed by atoms with E-state index in [1.54, 1.807) is 0 Å². The average Bonchev–Trinajstić information content (AvgIpc) is 2.73. The molecule has 3 nitrogen and oxygen atoms in total. The lowest BCUT2D eigenvalue weighted by Gasteiger charge is -2.38. The number of aromatic nitrogens is 1. The van der Waals surface area contributed by atoms with E-state index in [2.05, 4.69) is 39.5 Å². The summed E-state index contributed by atoms with van der Waals surface area (Å²) in [5.74, 6) is 0. The quantitative estimate of drug-likeness (QED) is 0.726. The molecular weight excluding hydrogens is 210 g/mol. The number of hydrogen-bond acceptors (Lipinski definition) is 1. The number of benzene rings is 1. The second-order valence-corrected chi connectivity index (χ2v) is 5.09. The zero-order valence-electron chi connectivity index (χ0n) is 9.82. The van der Waals surface area contributed by atoms with Crippen LogP contribution in [0.2, 0.25) is 0 Å². The molecule has 1 saturated heterocycles. The van der Waals surface area contributed by atoms with Gasteiger partial charge < -0.3 is 4.98 Å². The Labute approximate surface area is 101 Å². The van der Waals surface area contributed by atoms with Gasteiger partial charge in [0.25, 0.3) is 0 Å². The number of nitrogens with zero attached hydrogens (tertiary/aromatic N) is 2. The third-order valence-electron chi connectivity index (χ3n) is 4.10. The molecule has 0 bridgehead atoms. The van der Waals surface area contributed by atoms with Gasteiger partial charge in [0.2, 0.25) is 0 Å². The maximum absolute atomic E-state index is 4.55. The van der Waals surface area contributed by atoms with Crippen molar-refractivity contribution in [1.82, 2.24) is 15.2 Å². The van der Waals surface area contributed by atoms with Crippen LogP contribution in [-0.4, -0.2) is 35.6 Å². The molecule has 1 radical (unpaired) electrons. The predicted octanol–water partition coefficient (Wildman–Crippen LogP) is 1.51. The molecule has 1 unspecified atom stereocenters. The first-order valence-corrected chi connectivity index (χ1v) is 6.37. The summed E-state index contributed by atoms with van der Waals surface area (Å²) in [5, 5.41) is 5.96. The molecule has 2 aliphatic heterocycles. The van der Waals surface area contributed by atoms with Crippen molar-refractivity contribution >= 4 is 10.9 Å². The summed E-state index contributed by atoms with van der Waals surface area (Å²) < 4.78 is 0. The Morgan fingerprint density at radius 1 is 1.29 bits per heavy atom. The highest BCUT2D eigenvalue weighted by molar-refractivity contribution is 5.84. The zero-order valence-corrected chi connectivity index (χ0v) is 9.82. The third-order valence-corrected chi connectivity index (χ3v) is 4.10. The van der Waals surface area contributed by atoms with Gasteiger partial charge >= 0.3 is 0 Å². The van der Waals surface area contributed by atoms with Crippen LogP contribution in [0.5, 0.6) is 0 Å². The van der Waals surface area contributed by atoms with Crippen LogP contribution in [0.1, 0.15) is 11.3 Å². The van der Waals surface area contributed by atoms with Gasteiger partial charge in [-0.1, -0.05) is 18.2 Å². The monoisotopic (exact) mass is 226 g/mol. The maximum atomic E-state index is 4.55. The first kappa shape index (κ1) is 9.68. The van der Waals surface area contributed by atoms with Crippen molar-refractivity contribution in [2.24, 2.45) is 0 Å². The van der Waals surface area contributed by atoms with E-state index >= 15 is 0 Å². The summed E-state index contributed by atoms with van der Waals surface area (Å²) in [6.07, 6.45) is 1.16. The lowest BCUT2D eigenvalue weighted by Crippen LogP contribution is -2.51. The minimum absolute atomic E-state index is 0.635. The molecule has 0 saturated carbocycles. The van der Waals surface area contributed by atoms with E-state index in [0.29, 0.717) is 6.04 Å². The molecule has 1 atom stereocenters. The van der Waals surface area contributed by atoms with Crippen molar-refractivity contribution in [1.29, 1.82) is 0 Å². The van der Waals surface area contributed by atoms with Crippen LogP contribution in [-0.2, 0) is 13.0 Å². The highest BCUT2D eigenvalue weighted by Gasteiger charge is 2.30. The molecule has 1 fully saturated rings. The van der Waals surface area contributed by atoms with Gasteiger partial charge in [-0.25, -0.2) is 5.32 Å². The van der Waals surface area contributed by atoms with Crippen molar-refractivity contribution in [3.8, 4) is 0 Å². The van der Waals surface area contributed by atoms with E-state index in [1.807, 2.05) is 0 Å². The second-order valence-electron chi connectivity index (χ2n) is 5.09. The third kappa shape index (κ3) is 1.43. The number of nitrogens with one attached hydrogen (secondary N) is 1. The number of rotatable bonds is 0. The normalized spacial score (nSPS) is 24.6. The molecule has 17 heavy (non-hydrogen) atoms. The molecule has 3 heteroatoms. The summed E-state index contributed by atoms with van der Waals surface area (Å²) in [6.45, 7) is 4.22. The first-order valence-electron chi connectivity index (χ1n) is 6.37. The highest BCUT2D eigenvalue weighted by atomic mass is 15.2. The molecule has 3 heterocycles. The van der Waals surface area contributed by atoms with E-state index in [4.69, 9.17) is 0 Å². The van der Waals surface area contributed by atoms with Gasteiger partial charge in [-0.15, -0.1) is 0 Å². The van der Waals surface area contributed by atoms with Crippen molar-refractivity contribution in [2.45, 2.75) is 19.0 Å². The van der Waals surface area contributed by atoms with Crippen molar-refractivity contribution < 1.29 is 0 Å². The topological polar surface area (TPSA) is 33.1 Å². The van der Waals surface area contributed by atoms with Crippen molar-refractivity contribution in [2.75, 3.05) is 19.6 Å². The van der Waals surface area contributed by atoms with Gasteiger partial charge in [-0.2, -0.15) is 0 Å². The van der Waals surface area contributed by atoms with E-state index in [1.165, 1.54) is 22.2 Å². The van der Waals surface area contributed by atoms with E-state index in [0.717, 1.165) is 32.6 Å². The summed E-state index contributed by atoms with van der Waals surface area (Å²) in [5.41, 5.74) is 4.23. The Hall–Kier alpha value is -1.32. The molecule has 0 spiro atoms. The van der Waals surface area contributed by atoms with Gasteiger partial charge in [-0.3, -0.25) is 4.90 Å². The summed E-state index contributed by atoms with van der Waals surface area (Å²) in [4.78, 5) is 6.15. The Morgan fingerprint density at radius 2 is 2.24 bits per heavy atom. The maximum Gasteiger partial charge on any atom is 0.0459 e. The SMILES string of the molecule is c1ccc2c3c([nH]c2c1)CN1CC[N]CC1C3. The second kappa shape index (κ2) is 3.59. The Bertz CT molecular complexity index is 558. The zero-order chi connectivity index (χ0) is 11.2. The average molecular weight is 226 g/mol. The summed E-state index contributed by atoms with van der Waals surface area (Å²) in [6, 6.07) is 9.29. The van der Waals surface area contributed by atoms with E-state index < -0.39 is 0 Å². The van der Waals surface area contributed by atoms with E-state index in [9.17, 15) is 0 Å². The number of hydrogen-bond donors (Lipinski definition) is 1. The Morgan fingerprint density at radius 3 is 3.24 bits per heavy atom. The Balaban J connectivity index is 1.83. The Kier molecular flexibility index (Phi) is 2.04. The van der Waals surface area contributed by atoms with Crippen LogP contribution in [0.25, 0.3) is 10.9 Å². The van der Waals surface area contributed by atoms with Gasteiger partial charge in [0.15, 0.2) is 0 Å². The molecular formula is C14H16N3. The first-order chi connectivity index (χ1) is 8.42. The number of para-hydroxylation sites is 1. The minimum atomic E-state index is 0.635. The molecule has 87 valence electrons. The van der Waals surface area contributed by atoms with Crippen LogP contribution in [0.4, 0.5) is 0 Å². The van der Waals surface area contributed by atoms with Gasteiger partial charge in [0.1, 0.15) is 0 Å². The fourth-order valence-corrected chi connectivity index (χ4v) is 3.20. The molecule has 2 aliphatic rings. The molecule has 4 rings (SSSR count). The fraction of sp³-hybridized carbons (Fsp3) is 0.429. The smallest absolute Gasteiger partial charge is 0.0459 e. The predicted molar refractivity (Wildman–Crippen MR) is 68.1 cm³/mol. The van der Waals surface area contributed by atoms with Gasteiger partial charge in [0, 0.05) is 48.8 Å². The fourth-order valence-electron chi connectivity index (χ4n) is 3.20. The summed E-state index contributed by atoms with van der Waals surface area (Å²) in [7, 11) is 0. The van der Waals surface area contributed by atoms with Crippen LogP contribution in [0.15, 0.2) is 24.3 Å². The molecule has 1 N–H and O–H groups in total. The molecule has 2 aromatic rings. The molecule has 0 aliphatic carbocycles. The standard InChI is InChI=1S/C14H16N3/c1-2-4-13-11(3-1)12-7-10-8-15-5-6-17(10)9-14(12)16-13/h1-4,10,16H,5-9H2. The van der Waals surface area contributed by atoms with Gasteiger partial charge in [0.05, 0.1) is 0 Å². The van der Waals surface area contributed by atoms with Crippen molar-refractivity contribution in [3.05, 3.63) is 35.5 Å². The number of H-pyrrole nitrogens is 1. The molecule has 1 aromatic carbocycles. The summed E-state index contributed by atoms with van der Waals surface area (Å²) >= 11 is 0. The highest BCUT2D eigenvalue weighted by Crippen LogP contribution is 2.30. The number of aromatic amines is 1.